The van der Waals surface area contributed by atoms with Crippen molar-refractivity contribution in [2.45, 2.75) is 70.4 Å². The molecule has 5 nitrogen and oxygen atoms in total. The van der Waals surface area contributed by atoms with E-state index in [4.69, 9.17) is 9.26 Å². The predicted octanol–water partition coefficient (Wildman–Crippen LogP) is 2.94. The SMILES string of the molecule is Cc1nc(C2(NCC3CCOC(C)C3)CCCCC2)no1. The molecule has 1 saturated carbocycles. The largest absolute Gasteiger partial charge is 0.378 e. The molecule has 1 aliphatic heterocycles. The number of aromatic nitrogens is 2. The van der Waals surface area contributed by atoms with Gasteiger partial charge in [-0.1, -0.05) is 24.4 Å². The number of nitrogens with one attached hydrogen (secondary N) is 1. The van der Waals surface area contributed by atoms with E-state index in [-0.39, 0.29) is 5.54 Å². The lowest BCUT2D eigenvalue weighted by Crippen LogP contribution is -2.47. The standard InChI is InChI=1S/C16H27N3O2/c1-12-10-14(6-9-20-12)11-17-16(7-4-3-5-8-16)15-18-13(2)21-19-15/h12,14,17H,3-11H2,1-2H3. The fraction of sp³-hybridized carbons (Fsp3) is 0.875. The molecule has 0 radical (unpaired) electrons. The van der Waals surface area contributed by atoms with E-state index < -0.39 is 0 Å². The summed E-state index contributed by atoms with van der Waals surface area (Å²) in [6, 6.07) is 0. The lowest BCUT2D eigenvalue weighted by molar-refractivity contribution is 0.000213. The van der Waals surface area contributed by atoms with Gasteiger partial charge in [0.25, 0.3) is 0 Å². The van der Waals surface area contributed by atoms with E-state index in [1.54, 1.807) is 0 Å². The topological polar surface area (TPSA) is 60.2 Å². The van der Waals surface area contributed by atoms with Gasteiger partial charge in [-0.15, -0.1) is 0 Å². The van der Waals surface area contributed by atoms with Gasteiger partial charge in [-0.2, -0.15) is 4.98 Å². The lowest BCUT2D eigenvalue weighted by atomic mass is 9.80. The van der Waals surface area contributed by atoms with Crippen molar-refractivity contribution in [3.8, 4) is 0 Å². The van der Waals surface area contributed by atoms with Crippen LogP contribution in [0.5, 0.6) is 0 Å². The van der Waals surface area contributed by atoms with Crippen LogP contribution in [0.1, 0.15) is 63.6 Å². The summed E-state index contributed by atoms with van der Waals surface area (Å²) in [5.41, 5.74) is -0.0719. The van der Waals surface area contributed by atoms with E-state index in [0.717, 1.165) is 44.7 Å². The van der Waals surface area contributed by atoms with E-state index in [9.17, 15) is 0 Å². The first kappa shape index (κ1) is 15.0. The molecule has 2 atom stereocenters. The Bertz CT molecular complexity index is 454. The Kier molecular flexibility index (Phi) is 4.60. The van der Waals surface area contributed by atoms with Gasteiger partial charge in [-0.25, -0.2) is 0 Å². The van der Waals surface area contributed by atoms with Gasteiger partial charge in [0.15, 0.2) is 5.82 Å². The van der Waals surface area contributed by atoms with Crippen molar-refractivity contribution in [2.24, 2.45) is 5.92 Å². The number of aryl methyl sites for hydroxylation is 1. The second-order valence-electron chi connectivity index (χ2n) is 6.73. The maximum Gasteiger partial charge on any atom is 0.223 e. The Morgan fingerprint density at radius 1 is 1.29 bits per heavy atom. The summed E-state index contributed by atoms with van der Waals surface area (Å²) in [6.45, 7) is 5.96. The van der Waals surface area contributed by atoms with Crippen molar-refractivity contribution in [1.82, 2.24) is 15.5 Å². The van der Waals surface area contributed by atoms with E-state index in [1.165, 1.54) is 19.3 Å². The first-order chi connectivity index (χ1) is 10.2. The second-order valence-corrected chi connectivity index (χ2v) is 6.73. The number of rotatable bonds is 4. The number of nitrogens with zero attached hydrogens (tertiary/aromatic N) is 2. The summed E-state index contributed by atoms with van der Waals surface area (Å²) in [5, 5.41) is 8.03. The van der Waals surface area contributed by atoms with E-state index in [2.05, 4.69) is 22.4 Å². The zero-order valence-corrected chi connectivity index (χ0v) is 13.2. The molecular formula is C16H27N3O2. The summed E-state index contributed by atoms with van der Waals surface area (Å²) < 4.78 is 10.9. The minimum Gasteiger partial charge on any atom is -0.378 e. The van der Waals surface area contributed by atoms with Crippen molar-refractivity contribution in [3.63, 3.8) is 0 Å². The molecule has 0 spiro atoms. The Labute approximate surface area is 126 Å². The van der Waals surface area contributed by atoms with Crippen LogP contribution >= 0.6 is 0 Å². The van der Waals surface area contributed by atoms with Gasteiger partial charge in [-0.05, 0) is 45.1 Å². The number of hydrogen-bond acceptors (Lipinski definition) is 5. The highest BCUT2D eigenvalue weighted by Crippen LogP contribution is 2.36. The molecule has 5 heteroatoms. The van der Waals surface area contributed by atoms with Crippen LogP contribution in [0.15, 0.2) is 4.52 Å². The monoisotopic (exact) mass is 293 g/mol. The highest BCUT2D eigenvalue weighted by Gasteiger charge is 2.38. The summed E-state index contributed by atoms with van der Waals surface area (Å²) in [4.78, 5) is 4.52. The molecule has 0 amide bonds. The lowest BCUT2D eigenvalue weighted by Gasteiger charge is -2.38. The minimum atomic E-state index is -0.0719. The van der Waals surface area contributed by atoms with Gasteiger partial charge in [0.2, 0.25) is 5.89 Å². The Balaban J connectivity index is 1.68. The van der Waals surface area contributed by atoms with E-state index in [0.29, 0.717) is 17.9 Å². The van der Waals surface area contributed by atoms with Crippen molar-refractivity contribution in [3.05, 3.63) is 11.7 Å². The molecule has 1 N–H and O–H groups in total. The van der Waals surface area contributed by atoms with Gasteiger partial charge in [0.05, 0.1) is 11.6 Å². The minimum absolute atomic E-state index is 0.0719. The highest BCUT2D eigenvalue weighted by molar-refractivity contribution is 5.07. The molecule has 118 valence electrons. The quantitative estimate of drug-likeness (QED) is 0.925. The fourth-order valence-electron chi connectivity index (χ4n) is 3.74. The fourth-order valence-corrected chi connectivity index (χ4v) is 3.74. The van der Waals surface area contributed by atoms with Crippen LogP contribution in [0.2, 0.25) is 0 Å². The number of ether oxygens (including phenoxy) is 1. The average Bonchev–Trinajstić information content (AvgIpc) is 2.94. The molecule has 0 aromatic carbocycles. The van der Waals surface area contributed by atoms with E-state index in [1.807, 2.05) is 6.92 Å². The van der Waals surface area contributed by atoms with Crippen molar-refractivity contribution < 1.29 is 9.26 Å². The van der Waals surface area contributed by atoms with Crippen molar-refractivity contribution in [2.75, 3.05) is 13.2 Å². The van der Waals surface area contributed by atoms with Crippen LogP contribution in [0, 0.1) is 12.8 Å². The second kappa shape index (κ2) is 6.44. The summed E-state index contributed by atoms with van der Waals surface area (Å²) in [7, 11) is 0. The Hall–Kier alpha value is -0.940. The summed E-state index contributed by atoms with van der Waals surface area (Å²) >= 11 is 0. The van der Waals surface area contributed by atoms with Gasteiger partial charge >= 0.3 is 0 Å². The van der Waals surface area contributed by atoms with Gasteiger partial charge < -0.3 is 14.6 Å². The number of hydrogen-bond donors (Lipinski definition) is 1. The van der Waals surface area contributed by atoms with Crippen LogP contribution in [0.25, 0.3) is 0 Å². The van der Waals surface area contributed by atoms with Gasteiger partial charge in [-0.3, -0.25) is 0 Å². The molecule has 1 aromatic rings. The highest BCUT2D eigenvalue weighted by atomic mass is 16.5. The normalized spacial score (nSPS) is 29.4. The zero-order valence-electron chi connectivity index (χ0n) is 13.2. The van der Waals surface area contributed by atoms with Crippen LogP contribution in [0.4, 0.5) is 0 Å². The Morgan fingerprint density at radius 3 is 2.76 bits per heavy atom. The van der Waals surface area contributed by atoms with Gasteiger partial charge in [0, 0.05) is 13.5 Å². The van der Waals surface area contributed by atoms with Crippen LogP contribution in [0.3, 0.4) is 0 Å². The molecule has 0 bridgehead atoms. The first-order valence-electron chi connectivity index (χ1n) is 8.35. The van der Waals surface area contributed by atoms with Crippen LogP contribution < -0.4 is 5.32 Å². The third-order valence-corrected chi connectivity index (χ3v) is 4.99. The van der Waals surface area contributed by atoms with Gasteiger partial charge in [0.1, 0.15) is 0 Å². The third-order valence-electron chi connectivity index (χ3n) is 4.99. The maximum atomic E-state index is 5.65. The molecule has 1 aliphatic carbocycles. The third kappa shape index (κ3) is 3.46. The van der Waals surface area contributed by atoms with Crippen molar-refractivity contribution in [1.29, 1.82) is 0 Å². The van der Waals surface area contributed by atoms with Crippen LogP contribution in [-0.2, 0) is 10.3 Å². The zero-order chi connectivity index (χ0) is 14.7. The average molecular weight is 293 g/mol. The molecule has 2 aliphatic rings. The smallest absolute Gasteiger partial charge is 0.223 e. The molecule has 3 rings (SSSR count). The van der Waals surface area contributed by atoms with Crippen LogP contribution in [-0.4, -0.2) is 29.4 Å². The van der Waals surface area contributed by atoms with E-state index >= 15 is 0 Å². The molecule has 1 aromatic heterocycles. The summed E-state index contributed by atoms with van der Waals surface area (Å²) in [5.74, 6) is 2.22. The Morgan fingerprint density at radius 2 is 2.10 bits per heavy atom. The van der Waals surface area contributed by atoms with Crippen molar-refractivity contribution >= 4 is 0 Å². The molecular weight excluding hydrogens is 266 g/mol. The predicted molar refractivity (Wildman–Crippen MR) is 79.9 cm³/mol. The molecule has 21 heavy (non-hydrogen) atoms. The maximum absolute atomic E-state index is 5.65. The molecule has 2 fully saturated rings. The first-order valence-corrected chi connectivity index (χ1v) is 8.35. The summed E-state index contributed by atoms with van der Waals surface area (Å²) in [6.07, 6.45) is 8.72. The molecule has 2 heterocycles. The molecule has 2 unspecified atom stereocenters. The molecule has 1 saturated heterocycles.